The van der Waals surface area contributed by atoms with Crippen molar-refractivity contribution in [2.45, 2.75) is 156 Å². The number of hydrogen-bond acceptors (Lipinski definition) is 2. The Bertz CT molecular complexity index is 660. The molecule has 3 nitrogen and oxygen atoms in total. The fraction of sp³-hybridized carbons (Fsp3) is 0.794. The number of quaternary nitrogens is 1. The lowest BCUT2D eigenvalue weighted by Gasteiger charge is -2.37. The molecule has 0 aliphatic heterocycles. The van der Waals surface area contributed by atoms with Crippen molar-refractivity contribution in [2.24, 2.45) is 4.99 Å². The summed E-state index contributed by atoms with van der Waals surface area (Å²) in [6, 6.07) is 11.0. The smallest absolute Gasteiger partial charge is 0.104 e. The van der Waals surface area contributed by atoms with Crippen molar-refractivity contribution < 1.29 is 9.59 Å². The first-order valence-corrected chi connectivity index (χ1v) is 16.2. The van der Waals surface area contributed by atoms with Crippen LogP contribution < -0.4 is 5.11 Å². The van der Waals surface area contributed by atoms with Crippen LogP contribution >= 0.6 is 17.0 Å². The number of aliphatic imine (C=N–C) groups is 1. The van der Waals surface area contributed by atoms with Gasteiger partial charge in [-0.1, -0.05) is 127 Å². The van der Waals surface area contributed by atoms with Crippen LogP contribution in [-0.2, 0) is 6.54 Å². The van der Waals surface area contributed by atoms with Crippen LogP contribution in [0.1, 0.15) is 149 Å². The molecule has 222 valence electrons. The summed E-state index contributed by atoms with van der Waals surface area (Å²) in [5, 5.41) is 12.3. The third kappa shape index (κ3) is 19.2. The predicted molar refractivity (Wildman–Crippen MR) is 172 cm³/mol. The molecule has 0 bridgehead atoms. The number of unbranched alkanes of at least 4 members (excludes halogenated alkanes) is 14. The second-order valence-corrected chi connectivity index (χ2v) is 11.6. The zero-order chi connectivity index (χ0) is 27.0. The van der Waals surface area contributed by atoms with E-state index >= 15 is 0 Å². The van der Waals surface area contributed by atoms with Crippen LogP contribution in [-0.4, -0.2) is 36.1 Å². The third-order valence-corrected chi connectivity index (χ3v) is 8.32. The van der Waals surface area contributed by atoms with Gasteiger partial charge in [0.1, 0.15) is 6.54 Å². The summed E-state index contributed by atoms with van der Waals surface area (Å²) in [4.78, 5) is 4.49. The fourth-order valence-electron chi connectivity index (χ4n) is 5.56. The summed E-state index contributed by atoms with van der Waals surface area (Å²) in [5.74, 6) is 0.123. The predicted octanol–water partition coefficient (Wildman–Crippen LogP) is 9.81. The molecule has 0 amide bonds. The van der Waals surface area contributed by atoms with Crippen molar-refractivity contribution in [1.29, 1.82) is 0 Å². The van der Waals surface area contributed by atoms with E-state index in [9.17, 15) is 5.11 Å². The van der Waals surface area contributed by atoms with Gasteiger partial charge < -0.3 is 14.6 Å². The maximum Gasteiger partial charge on any atom is 0.104 e. The van der Waals surface area contributed by atoms with E-state index in [1.807, 2.05) is 0 Å². The van der Waals surface area contributed by atoms with Crippen LogP contribution in [0.15, 0.2) is 35.3 Å². The summed E-state index contributed by atoms with van der Waals surface area (Å²) in [7, 11) is 0. The number of halogens is 1. The molecule has 1 aromatic rings. The van der Waals surface area contributed by atoms with Crippen LogP contribution in [0.2, 0.25) is 0 Å². The van der Waals surface area contributed by atoms with Gasteiger partial charge in [0.25, 0.3) is 0 Å². The Balaban J connectivity index is 0.0000137. The normalized spacial score (nSPS) is 12.9. The van der Waals surface area contributed by atoms with Crippen molar-refractivity contribution in [3.05, 3.63) is 35.9 Å². The number of benzene rings is 1. The molecule has 0 saturated heterocycles. The second kappa shape index (κ2) is 25.1. The lowest BCUT2D eigenvalue weighted by Crippen LogP contribution is -2.47. The minimum absolute atomic E-state index is 0. The molecule has 0 heterocycles. The molecule has 0 aromatic heterocycles. The van der Waals surface area contributed by atoms with Gasteiger partial charge in [-0.05, 0) is 52.4 Å². The Morgan fingerprint density at radius 1 is 0.711 bits per heavy atom. The average Bonchev–Trinajstić information content (AvgIpc) is 2.90. The van der Waals surface area contributed by atoms with Crippen LogP contribution in [0.25, 0.3) is 0 Å². The molecule has 1 atom stereocenters. The zero-order valence-electron chi connectivity index (χ0n) is 25.7. The first-order valence-electron chi connectivity index (χ1n) is 16.2. The van der Waals surface area contributed by atoms with Crippen LogP contribution in [0, 0.1) is 0 Å². The van der Waals surface area contributed by atoms with E-state index in [2.05, 4.69) is 63.0 Å². The minimum atomic E-state index is 0. The lowest BCUT2D eigenvalue weighted by atomic mass is 10.0. The molecule has 0 fully saturated rings. The van der Waals surface area contributed by atoms with Crippen molar-refractivity contribution in [1.82, 2.24) is 0 Å². The molecule has 0 saturated carbocycles. The molecule has 4 heteroatoms. The quantitative estimate of drug-likeness (QED) is 0.0480. The Morgan fingerprint density at radius 2 is 1.18 bits per heavy atom. The largest absolute Gasteiger partial charge is 0.862 e. The van der Waals surface area contributed by atoms with Gasteiger partial charge in [-0.25, -0.2) is 0 Å². The van der Waals surface area contributed by atoms with Gasteiger partial charge in [0.15, 0.2) is 0 Å². The van der Waals surface area contributed by atoms with Gasteiger partial charge in [0, 0.05) is 11.6 Å². The summed E-state index contributed by atoms with van der Waals surface area (Å²) < 4.78 is 1.11. The SMILES string of the molecule is Br.CCCCCCCCCCCCCCCCCC([O-])=NC(C)CCC[N+](CC)(CC)Cc1ccccc1. The molecule has 0 aliphatic carbocycles. The highest BCUT2D eigenvalue weighted by atomic mass is 79.9. The molecule has 38 heavy (non-hydrogen) atoms. The molecular weight excluding hydrogens is 532 g/mol. The van der Waals surface area contributed by atoms with E-state index in [0.29, 0.717) is 6.42 Å². The summed E-state index contributed by atoms with van der Waals surface area (Å²) in [6.45, 7) is 13.6. The Labute approximate surface area is 248 Å². The maximum absolute atomic E-state index is 12.3. The van der Waals surface area contributed by atoms with E-state index in [4.69, 9.17) is 0 Å². The zero-order valence-corrected chi connectivity index (χ0v) is 27.4. The summed E-state index contributed by atoms with van der Waals surface area (Å²) in [6.07, 6.45) is 23.1. The van der Waals surface area contributed by atoms with Crippen molar-refractivity contribution in [3.8, 4) is 0 Å². The van der Waals surface area contributed by atoms with Gasteiger partial charge in [0.2, 0.25) is 0 Å². The maximum atomic E-state index is 12.3. The minimum Gasteiger partial charge on any atom is -0.862 e. The van der Waals surface area contributed by atoms with Gasteiger partial charge >= 0.3 is 0 Å². The fourth-order valence-corrected chi connectivity index (χ4v) is 5.56. The van der Waals surface area contributed by atoms with Crippen LogP contribution in [0.5, 0.6) is 0 Å². The second-order valence-electron chi connectivity index (χ2n) is 11.6. The highest BCUT2D eigenvalue weighted by Gasteiger charge is 2.23. The van der Waals surface area contributed by atoms with E-state index in [1.165, 1.54) is 95.5 Å². The number of rotatable bonds is 25. The van der Waals surface area contributed by atoms with Gasteiger partial charge in [0.05, 0.1) is 19.6 Å². The highest BCUT2D eigenvalue weighted by molar-refractivity contribution is 8.93. The molecule has 0 N–H and O–H groups in total. The average molecular weight is 596 g/mol. The molecule has 1 aromatic carbocycles. The first-order chi connectivity index (χ1) is 18.0. The molecule has 1 rings (SSSR count). The van der Waals surface area contributed by atoms with Crippen LogP contribution in [0.3, 0.4) is 0 Å². The van der Waals surface area contributed by atoms with E-state index < -0.39 is 0 Å². The Kier molecular flexibility index (Phi) is 24.5. The molecule has 0 aliphatic rings. The summed E-state index contributed by atoms with van der Waals surface area (Å²) in [5.41, 5.74) is 1.42. The van der Waals surface area contributed by atoms with Gasteiger partial charge in [-0.15, -0.1) is 17.0 Å². The van der Waals surface area contributed by atoms with E-state index in [1.54, 1.807) is 0 Å². The molecular formula is C34H63BrN2O. The van der Waals surface area contributed by atoms with Crippen molar-refractivity contribution >= 4 is 22.9 Å². The lowest BCUT2D eigenvalue weighted by molar-refractivity contribution is -0.938. The molecule has 1 unspecified atom stereocenters. The van der Waals surface area contributed by atoms with Gasteiger partial charge in [-0.2, -0.15) is 0 Å². The summed E-state index contributed by atoms with van der Waals surface area (Å²) >= 11 is 0. The number of hydrogen-bond donors (Lipinski definition) is 0. The monoisotopic (exact) mass is 594 g/mol. The van der Waals surface area contributed by atoms with Crippen molar-refractivity contribution in [2.75, 3.05) is 19.6 Å². The number of nitrogens with zero attached hydrogens (tertiary/aromatic N) is 2. The molecule has 0 radical (unpaired) electrons. The van der Waals surface area contributed by atoms with E-state index in [0.717, 1.165) is 49.9 Å². The van der Waals surface area contributed by atoms with Crippen LogP contribution in [0.4, 0.5) is 0 Å². The highest BCUT2D eigenvalue weighted by Crippen LogP contribution is 2.18. The molecule has 0 spiro atoms. The first kappa shape index (κ1) is 37.1. The van der Waals surface area contributed by atoms with Gasteiger partial charge in [-0.3, -0.25) is 0 Å². The standard InChI is InChI=1S/C34H62N2O.BrH/c1-5-8-9-10-11-12-13-14-15-16-17-18-19-20-24-29-34(37)35-32(4)26-25-30-36(6-2,7-3)31-33-27-22-21-23-28-33;/h21-23,27-28,32H,5-20,24-26,29-31H2,1-4H3;1H. The topological polar surface area (TPSA) is 35.4 Å². The Morgan fingerprint density at radius 3 is 1.66 bits per heavy atom. The van der Waals surface area contributed by atoms with Crippen molar-refractivity contribution in [3.63, 3.8) is 0 Å². The Hall–Kier alpha value is -0.870. The van der Waals surface area contributed by atoms with E-state index in [-0.39, 0.29) is 28.9 Å². The third-order valence-electron chi connectivity index (χ3n) is 8.32.